The molecule has 0 aliphatic carbocycles. The van der Waals surface area contributed by atoms with E-state index in [1.807, 2.05) is 0 Å². The lowest BCUT2D eigenvalue weighted by molar-refractivity contribution is -0.00732. The van der Waals surface area contributed by atoms with E-state index in [-0.39, 0.29) is 0 Å². The third-order valence-corrected chi connectivity index (χ3v) is 2.61. The molecule has 1 unspecified atom stereocenters. The van der Waals surface area contributed by atoms with Gasteiger partial charge in [-0.1, -0.05) is 0 Å². The van der Waals surface area contributed by atoms with Crippen molar-refractivity contribution in [1.82, 2.24) is 9.32 Å². The molecule has 0 bridgehead atoms. The highest BCUT2D eigenvalue weighted by Crippen LogP contribution is 2.43. The summed E-state index contributed by atoms with van der Waals surface area (Å²) in [7, 11) is 0. The van der Waals surface area contributed by atoms with Gasteiger partial charge in [0.05, 0.1) is 0 Å². The quantitative estimate of drug-likeness (QED) is 0.688. The second kappa shape index (κ2) is 2.75. The largest absolute Gasteiger partial charge is 0.327 e. The zero-order valence-corrected chi connectivity index (χ0v) is 6.43. The molecule has 1 N–H and O–H groups in total. The van der Waals surface area contributed by atoms with Gasteiger partial charge in [-0.2, -0.15) is 0 Å². The summed E-state index contributed by atoms with van der Waals surface area (Å²) in [4.78, 5) is 12.5. The maximum atomic E-state index is 11.5. The van der Waals surface area contributed by atoms with Gasteiger partial charge in [-0.25, -0.2) is 4.98 Å². The highest BCUT2D eigenvalue weighted by Gasteiger charge is 2.15. The molecule has 0 aliphatic rings. The number of hydrogen-bond donors (Lipinski definition) is 1. The molecule has 1 atom stereocenters. The van der Waals surface area contributed by atoms with E-state index in [1.165, 1.54) is 18.7 Å². The number of rotatable bonds is 2. The normalized spacial score (nSPS) is 16.6. The molecule has 56 valence electrons. The van der Waals surface area contributed by atoms with E-state index in [0.717, 1.165) is 4.34 Å². The molecule has 0 spiro atoms. The van der Waals surface area contributed by atoms with Crippen LogP contribution in [0.4, 0.5) is 4.53 Å². The summed E-state index contributed by atoms with van der Waals surface area (Å²) < 4.78 is 15.7. The zero-order valence-electron chi connectivity index (χ0n) is 4.72. The van der Waals surface area contributed by atoms with Gasteiger partial charge in [-0.15, -0.1) is 4.73 Å². The summed E-state index contributed by atoms with van der Waals surface area (Å²) in [5.41, 5.74) is 0. The van der Waals surface area contributed by atoms with E-state index in [9.17, 15) is 4.53 Å². The molecule has 0 aromatic carbocycles. The molecule has 0 saturated heterocycles. The summed E-state index contributed by atoms with van der Waals surface area (Å²) in [5.74, 6) is 0. The predicted molar refractivity (Wildman–Crippen MR) is 36.3 cm³/mol. The smallest absolute Gasteiger partial charge is 0.327 e. The number of imidazole rings is 1. The molecule has 7 heteroatoms. The van der Waals surface area contributed by atoms with Gasteiger partial charge >= 0.3 is 6.64 Å². The molecule has 1 rings (SSSR count). The van der Waals surface area contributed by atoms with Crippen LogP contribution < -0.4 is 0 Å². The van der Waals surface area contributed by atoms with Crippen molar-refractivity contribution in [3.63, 3.8) is 0 Å². The van der Waals surface area contributed by atoms with Gasteiger partial charge in [-0.3, -0.25) is 4.34 Å². The Morgan fingerprint density at radius 1 is 1.80 bits per heavy atom. The molecule has 0 fully saturated rings. The maximum absolute atomic E-state index is 11.5. The van der Waals surface area contributed by atoms with Crippen LogP contribution in [-0.4, -0.2) is 14.2 Å². The molecule has 4 nitrogen and oxygen atoms in total. The Bertz CT molecular complexity index is 251. The molecule has 0 amide bonds. The molecule has 0 aliphatic heterocycles. The van der Waals surface area contributed by atoms with Crippen molar-refractivity contribution in [3.05, 3.63) is 18.7 Å². The van der Waals surface area contributed by atoms with Crippen LogP contribution in [0, 0.1) is 0 Å². The van der Waals surface area contributed by atoms with Crippen LogP contribution in [-0.2, 0) is 16.5 Å². The maximum Gasteiger partial charge on any atom is 0.327 e. The fourth-order valence-electron chi connectivity index (χ4n) is 0.437. The fourth-order valence-corrected chi connectivity index (χ4v) is 1.22. The van der Waals surface area contributed by atoms with E-state index in [4.69, 9.17) is 4.89 Å². The highest BCUT2D eigenvalue weighted by atomic mass is 32.5. The van der Waals surface area contributed by atoms with Gasteiger partial charge < -0.3 is 4.89 Å². The Kier molecular flexibility index (Phi) is 2.15. The Balaban J connectivity index is 2.97. The second-order valence-corrected chi connectivity index (χ2v) is 4.51. The average Bonchev–Trinajstić information content (AvgIpc) is 2.38. The standard InChI is InChI=1S/C3H4FN2O2PS/c4-8-9(7,10)6-2-1-5-3-6/h1-3H,(H,7,10). The third kappa shape index (κ3) is 1.41. The van der Waals surface area contributed by atoms with E-state index in [0.29, 0.717) is 0 Å². The first-order valence-electron chi connectivity index (χ1n) is 2.29. The number of hydrogen-bond acceptors (Lipinski definition) is 3. The summed E-state index contributed by atoms with van der Waals surface area (Å²) in [5, 5.41) is 0. The van der Waals surface area contributed by atoms with Crippen LogP contribution in [0.3, 0.4) is 0 Å². The average molecular weight is 182 g/mol. The van der Waals surface area contributed by atoms with Crippen molar-refractivity contribution in [2.45, 2.75) is 0 Å². The second-order valence-electron chi connectivity index (χ2n) is 1.50. The molecule has 1 heterocycles. The molecule has 1 aromatic heterocycles. The Morgan fingerprint density at radius 2 is 2.50 bits per heavy atom. The summed E-state index contributed by atoms with van der Waals surface area (Å²) in [6, 6.07) is 0. The third-order valence-electron chi connectivity index (χ3n) is 0.872. The first kappa shape index (κ1) is 7.81. The minimum atomic E-state index is -3.46. The van der Waals surface area contributed by atoms with Crippen LogP contribution in [0.25, 0.3) is 0 Å². The van der Waals surface area contributed by atoms with Gasteiger partial charge in [0.1, 0.15) is 6.33 Å². The van der Waals surface area contributed by atoms with Crippen LogP contribution >= 0.6 is 6.64 Å². The van der Waals surface area contributed by atoms with E-state index in [2.05, 4.69) is 21.5 Å². The molecular weight excluding hydrogens is 178 g/mol. The van der Waals surface area contributed by atoms with Gasteiger partial charge in [0.2, 0.25) is 0 Å². The lowest BCUT2D eigenvalue weighted by atomic mass is 11.0. The topological polar surface area (TPSA) is 47.3 Å². The van der Waals surface area contributed by atoms with E-state index < -0.39 is 6.64 Å². The SMILES string of the molecule is OP(=S)(OF)n1ccnc1. The van der Waals surface area contributed by atoms with Crippen molar-refractivity contribution >= 4 is 18.4 Å². The van der Waals surface area contributed by atoms with Crippen molar-refractivity contribution in [2.75, 3.05) is 0 Å². The van der Waals surface area contributed by atoms with Crippen molar-refractivity contribution in [3.8, 4) is 0 Å². The van der Waals surface area contributed by atoms with Crippen LogP contribution in [0.2, 0.25) is 0 Å². The Labute approximate surface area is 61.4 Å². The first-order chi connectivity index (χ1) is 4.67. The highest BCUT2D eigenvalue weighted by molar-refractivity contribution is 8.08. The molecule has 10 heavy (non-hydrogen) atoms. The number of nitrogens with zero attached hydrogens (tertiary/aromatic N) is 2. The fraction of sp³-hybridized carbons (Fsp3) is 0. The molecular formula is C3H4FN2O2PS. The summed E-state index contributed by atoms with van der Waals surface area (Å²) in [6.07, 6.45) is 3.90. The van der Waals surface area contributed by atoms with E-state index >= 15 is 0 Å². The molecule has 1 aromatic rings. The van der Waals surface area contributed by atoms with Gasteiger partial charge in [0.25, 0.3) is 0 Å². The van der Waals surface area contributed by atoms with Crippen LogP contribution in [0.15, 0.2) is 18.7 Å². The number of aromatic nitrogens is 2. The van der Waals surface area contributed by atoms with Crippen LogP contribution in [0.1, 0.15) is 0 Å². The Morgan fingerprint density at radius 3 is 2.90 bits per heavy atom. The molecule has 0 saturated carbocycles. The Hall–Kier alpha value is -0.290. The number of halogens is 1. The zero-order chi connectivity index (χ0) is 7.61. The predicted octanol–water partition coefficient (Wildman–Crippen LogP) is 0.849. The summed E-state index contributed by atoms with van der Waals surface area (Å²) >= 11 is 4.36. The van der Waals surface area contributed by atoms with Crippen molar-refractivity contribution in [2.24, 2.45) is 0 Å². The van der Waals surface area contributed by atoms with Crippen molar-refractivity contribution in [1.29, 1.82) is 0 Å². The minimum absolute atomic E-state index is 1.02. The lowest BCUT2D eigenvalue weighted by Gasteiger charge is -2.07. The van der Waals surface area contributed by atoms with Crippen LogP contribution in [0.5, 0.6) is 0 Å². The van der Waals surface area contributed by atoms with Gasteiger partial charge in [0.15, 0.2) is 0 Å². The first-order valence-corrected chi connectivity index (χ1v) is 4.91. The summed E-state index contributed by atoms with van der Waals surface area (Å²) in [6.45, 7) is -3.46. The lowest BCUT2D eigenvalue weighted by Crippen LogP contribution is -1.91. The van der Waals surface area contributed by atoms with E-state index in [1.54, 1.807) is 0 Å². The van der Waals surface area contributed by atoms with Gasteiger partial charge in [0, 0.05) is 12.4 Å². The molecule has 0 radical (unpaired) electrons. The van der Waals surface area contributed by atoms with Gasteiger partial charge in [-0.05, 0) is 16.3 Å². The van der Waals surface area contributed by atoms with Crippen molar-refractivity contribution < 1.29 is 14.1 Å². The minimum Gasteiger partial charge on any atom is -0.327 e. The monoisotopic (exact) mass is 182 g/mol.